The number of carbonyl (C=O) groups excluding carboxylic acids is 2. The first-order chi connectivity index (χ1) is 11.1. The molecule has 2 aromatic rings. The summed E-state index contributed by atoms with van der Waals surface area (Å²) >= 11 is 0. The van der Waals surface area contributed by atoms with Crippen molar-refractivity contribution in [2.24, 2.45) is 0 Å². The summed E-state index contributed by atoms with van der Waals surface area (Å²) in [5, 5.41) is 2.93. The molecule has 0 spiro atoms. The number of nitrogens with one attached hydrogen (secondary N) is 1. The van der Waals surface area contributed by atoms with Crippen LogP contribution in [0.1, 0.15) is 40.7 Å². The standard InChI is InChI=1S/C19H21NO3/c1-4-15(14-9-6-5-7-10-14)18(21)20-17-12-8-11-16(13(17)2)19(22)23-3/h5-12,15H,4H2,1-3H3,(H,20,21)/t15-/m1/s1. The molecule has 0 aliphatic heterocycles. The average molecular weight is 311 g/mol. The first-order valence-corrected chi connectivity index (χ1v) is 7.62. The first-order valence-electron chi connectivity index (χ1n) is 7.62. The Morgan fingerprint density at radius 2 is 1.78 bits per heavy atom. The van der Waals surface area contributed by atoms with Gasteiger partial charge in [0.25, 0.3) is 0 Å². The number of hydrogen-bond acceptors (Lipinski definition) is 3. The quantitative estimate of drug-likeness (QED) is 0.852. The van der Waals surface area contributed by atoms with Crippen molar-refractivity contribution in [3.63, 3.8) is 0 Å². The monoisotopic (exact) mass is 311 g/mol. The van der Waals surface area contributed by atoms with Gasteiger partial charge in [0.05, 0.1) is 18.6 Å². The molecule has 0 saturated carbocycles. The lowest BCUT2D eigenvalue weighted by Crippen LogP contribution is -2.21. The van der Waals surface area contributed by atoms with E-state index < -0.39 is 5.97 Å². The zero-order chi connectivity index (χ0) is 16.8. The molecular formula is C19H21NO3. The summed E-state index contributed by atoms with van der Waals surface area (Å²) < 4.78 is 4.76. The van der Waals surface area contributed by atoms with Gasteiger partial charge in [-0.15, -0.1) is 0 Å². The SMILES string of the molecule is CC[C@@H](C(=O)Nc1cccc(C(=O)OC)c1C)c1ccccc1. The third kappa shape index (κ3) is 3.77. The fourth-order valence-corrected chi connectivity index (χ4v) is 2.58. The highest BCUT2D eigenvalue weighted by molar-refractivity contribution is 5.99. The molecule has 4 heteroatoms. The van der Waals surface area contributed by atoms with Crippen LogP contribution in [0.15, 0.2) is 48.5 Å². The van der Waals surface area contributed by atoms with Gasteiger partial charge in [0.15, 0.2) is 0 Å². The van der Waals surface area contributed by atoms with E-state index in [4.69, 9.17) is 4.74 Å². The third-order valence-electron chi connectivity index (χ3n) is 3.92. The summed E-state index contributed by atoms with van der Waals surface area (Å²) in [5.74, 6) is -0.713. The Labute approximate surface area is 136 Å². The number of rotatable bonds is 5. The maximum absolute atomic E-state index is 12.6. The highest BCUT2D eigenvalue weighted by Crippen LogP contribution is 2.24. The molecule has 23 heavy (non-hydrogen) atoms. The lowest BCUT2D eigenvalue weighted by molar-refractivity contribution is -0.117. The van der Waals surface area contributed by atoms with Gasteiger partial charge in [-0.05, 0) is 36.6 Å². The van der Waals surface area contributed by atoms with E-state index in [1.807, 2.05) is 37.3 Å². The second kappa shape index (κ2) is 7.58. The largest absolute Gasteiger partial charge is 0.465 e. The molecule has 1 N–H and O–H groups in total. The van der Waals surface area contributed by atoms with Crippen molar-refractivity contribution < 1.29 is 14.3 Å². The zero-order valence-corrected chi connectivity index (χ0v) is 13.6. The van der Waals surface area contributed by atoms with Gasteiger partial charge in [0.2, 0.25) is 5.91 Å². The molecule has 2 aromatic carbocycles. The van der Waals surface area contributed by atoms with E-state index >= 15 is 0 Å². The molecule has 0 unspecified atom stereocenters. The third-order valence-corrected chi connectivity index (χ3v) is 3.92. The molecule has 0 aliphatic rings. The molecule has 120 valence electrons. The van der Waals surface area contributed by atoms with Gasteiger partial charge in [-0.2, -0.15) is 0 Å². The number of ether oxygens (including phenoxy) is 1. The summed E-state index contributed by atoms with van der Waals surface area (Å²) in [6, 6.07) is 14.9. The van der Waals surface area contributed by atoms with Gasteiger partial charge >= 0.3 is 5.97 Å². The minimum Gasteiger partial charge on any atom is -0.465 e. The predicted molar refractivity (Wildman–Crippen MR) is 90.6 cm³/mol. The van der Waals surface area contributed by atoms with Gasteiger partial charge in [0.1, 0.15) is 0 Å². The first kappa shape index (κ1) is 16.7. The van der Waals surface area contributed by atoms with Gasteiger partial charge < -0.3 is 10.1 Å². The second-order valence-electron chi connectivity index (χ2n) is 5.33. The highest BCUT2D eigenvalue weighted by atomic mass is 16.5. The molecule has 0 aromatic heterocycles. The molecule has 0 bridgehead atoms. The summed E-state index contributed by atoms with van der Waals surface area (Å²) in [5.41, 5.74) is 2.77. The zero-order valence-electron chi connectivity index (χ0n) is 13.6. The van der Waals surface area contributed by atoms with Crippen LogP contribution >= 0.6 is 0 Å². The second-order valence-corrected chi connectivity index (χ2v) is 5.33. The van der Waals surface area contributed by atoms with Gasteiger partial charge in [-0.25, -0.2) is 4.79 Å². The van der Waals surface area contributed by atoms with Gasteiger partial charge in [0, 0.05) is 5.69 Å². The van der Waals surface area contributed by atoms with Crippen molar-refractivity contribution in [1.29, 1.82) is 0 Å². The minimum atomic E-state index is -0.409. The van der Waals surface area contributed by atoms with Crippen molar-refractivity contribution in [2.45, 2.75) is 26.2 Å². The number of esters is 1. The summed E-state index contributed by atoms with van der Waals surface area (Å²) in [6.07, 6.45) is 0.700. The van der Waals surface area contributed by atoms with E-state index in [0.717, 1.165) is 5.56 Å². The lowest BCUT2D eigenvalue weighted by Gasteiger charge is -2.17. The number of hydrogen-bond donors (Lipinski definition) is 1. The molecule has 0 fully saturated rings. The number of amides is 1. The summed E-state index contributed by atoms with van der Waals surface area (Å²) in [7, 11) is 1.34. The Morgan fingerprint density at radius 3 is 2.39 bits per heavy atom. The maximum atomic E-state index is 12.6. The Balaban J connectivity index is 2.24. The van der Waals surface area contributed by atoms with Crippen LogP contribution in [-0.2, 0) is 9.53 Å². The summed E-state index contributed by atoms with van der Waals surface area (Å²) in [6.45, 7) is 3.78. The van der Waals surface area contributed by atoms with Crippen LogP contribution in [0.4, 0.5) is 5.69 Å². The Morgan fingerprint density at radius 1 is 1.09 bits per heavy atom. The Bertz CT molecular complexity index is 695. The van der Waals surface area contributed by atoms with Gasteiger partial charge in [-0.1, -0.05) is 43.3 Å². The van der Waals surface area contributed by atoms with Gasteiger partial charge in [-0.3, -0.25) is 4.79 Å². The molecule has 0 saturated heterocycles. The van der Waals surface area contributed by atoms with Crippen molar-refractivity contribution >= 4 is 17.6 Å². The summed E-state index contributed by atoms with van der Waals surface area (Å²) in [4.78, 5) is 24.4. The Kier molecular flexibility index (Phi) is 5.52. The topological polar surface area (TPSA) is 55.4 Å². The van der Waals surface area contributed by atoms with Crippen LogP contribution in [0.3, 0.4) is 0 Å². The number of methoxy groups -OCH3 is 1. The Hall–Kier alpha value is -2.62. The van der Waals surface area contributed by atoms with Crippen molar-refractivity contribution in [1.82, 2.24) is 0 Å². The predicted octanol–water partition coefficient (Wildman–Crippen LogP) is 3.91. The van der Waals surface area contributed by atoms with E-state index in [-0.39, 0.29) is 11.8 Å². The molecule has 1 atom stereocenters. The van der Waals surface area contributed by atoms with E-state index in [9.17, 15) is 9.59 Å². The van der Waals surface area contributed by atoms with E-state index in [0.29, 0.717) is 23.2 Å². The molecule has 4 nitrogen and oxygen atoms in total. The number of carbonyl (C=O) groups is 2. The fourth-order valence-electron chi connectivity index (χ4n) is 2.58. The van der Waals surface area contributed by atoms with E-state index in [2.05, 4.69) is 5.32 Å². The van der Waals surface area contributed by atoms with E-state index in [1.165, 1.54) is 7.11 Å². The smallest absolute Gasteiger partial charge is 0.338 e. The van der Waals surface area contributed by atoms with Crippen molar-refractivity contribution in [3.05, 3.63) is 65.2 Å². The van der Waals surface area contributed by atoms with Crippen molar-refractivity contribution in [2.75, 3.05) is 12.4 Å². The minimum absolute atomic E-state index is 0.0798. The molecule has 0 aliphatic carbocycles. The molecule has 2 rings (SSSR count). The normalized spacial score (nSPS) is 11.6. The van der Waals surface area contributed by atoms with Crippen LogP contribution in [0.2, 0.25) is 0 Å². The number of anilines is 1. The lowest BCUT2D eigenvalue weighted by atomic mass is 9.95. The molecular weight excluding hydrogens is 290 g/mol. The average Bonchev–Trinajstić information content (AvgIpc) is 2.57. The van der Waals surface area contributed by atoms with Crippen LogP contribution in [0.5, 0.6) is 0 Å². The van der Waals surface area contributed by atoms with Crippen LogP contribution < -0.4 is 5.32 Å². The van der Waals surface area contributed by atoms with Crippen LogP contribution in [0.25, 0.3) is 0 Å². The fraction of sp³-hybridized carbons (Fsp3) is 0.263. The molecule has 0 heterocycles. The van der Waals surface area contributed by atoms with Crippen LogP contribution in [0, 0.1) is 6.92 Å². The molecule has 0 radical (unpaired) electrons. The van der Waals surface area contributed by atoms with Crippen LogP contribution in [-0.4, -0.2) is 19.0 Å². The molecule has 1 amide bonds. The van der Waals surface area contributed by atoms with Crippen molar-refractivity contribution in [3.8, 4) is 0 Å². The van der Waals surface area contributed by atoms with E-state index in [1.54, 1.807) is 25.1 Å². The number of benzene rings is 2. The maximum Gasteiger partial charge on any atom is 0.338 e. The highest BCUT2D eigenvalue weighted by Gasteiger charge is 2.20.